The van der Waals surface area contributed by atoms with Gasteiger partial charge in [0.25, 0.3) is 5.91 Å². The molecule has 20 heavy (non-hydrogen) atoms. The summed E-state index contributed by atoms with van der Waals surface area (Å²) in [4.78, 5) is 16.3. The Hall–Kier alpha value is -2.15. The highest BCUT2D eigenvalue weighted by Crippen LogP contribution is 2.16. The number of aryl methyl sites for hydroxylation is 1. The van der Waals surface area contributed by atoms with Crippen LogP contribution < -0.4 is 10.6 Å². The van der Waals surface area contributed by atoms with E-state index in [-0.39, 0.29) is 18.1 Å². The van der Waals surface area contributed by atoms with E-state index in [4.69, 9.17) is 11.6 Å². The first-order valence-electron chi connectivity index (χ1n) is 6.13. The second kappa shape index (κ2) is 6.33. The Kier molecular flexibility index (Phi) is 4.52. The summed E-state index contributed by atoms with van der Waals surface area (Å²) in [6.45, 7) is 2.93. The lowest BCUT2D eigenvalue weighted by molar-refractivity contribution is 0.0945. The number of hydrogen-bond donors (Lipinski definition) is 2. The zero-order valence-corrected chi connectivity index (χ0v) is 12.0. The molecule has 2 aromatic rings. The summed E-state index contributed by atoms with van der Waals surface area (Å²) >= 11 is 6.00. The summed E-state index contributed by atoms with van der Waals surface area (Å²) in [5.41, 5.74) is 0.187. The van der Waals surface area contributed by atoms with Crippen molar-refractivity contribution >= 4 is 23.3 Å². The topological polar surface area (TPSA) is 84.7 Å². The molecular weight excluding hydrogens is 280 g/mol. The molecule has 0 aliphatic rings. The van der Waals surface area contributed by atoms with Gasteiger partial charge in [-0.1, -0.05) is 11.6 Å². The summed E-state index contributed by atoms with van der Waals surface area (Å²) < 4.78 is 1.73. The first kappa shape index (κ1) is 14.3. The van der Waals surface area contributed by atoms with Crippen molar-refractivity contribution in [1.82, 2.24) is 25.1 Å². The highest BCUT2D eigenvalue weighted by atomic mass is 35.5. The lowest BCUT2D eigenvalue weighted by atomic mass is 10.3. The fraction of sp³-hybridized carbons (Fsp3) is 0.333. The Bertz CT molecular complexity index is 612. The Morgan fingerprint density at radius 1 is 1.45 bits per heavy atom. The second-order valence-electron chi connectivity index (χ2n) is 4.10. The monoisotopic (exact) mass is 294 g/mol. The molecule has 0 aromatic carbocycles. The predicted octanol–water partition coefficient (Wildman–Crippen LogP) is 1.23. The number of anilines is 1. The molecule has 0 fully saturated rings. The third-order valence-corrected chi connectivity index (χ3v) is 2.94. The lowest BCUT2D eigenvalue weighted by Crippen LogP contribution is -2.26. The van der Waals surface area contributed by atoms with E-state index in [1.165, 1.54) is 0 Å². The van der Waals surface area contributed by atoms with Crippen molar-refractivity contribution in [3.05, 3.63) is 35.0 Å². The molecule has 0 saturated heterocycles. The van der Waals surface area contributed by atoms with Crippen LogP contribution in [0, 0.1) is 0 Å². The maximum absolute atomic E-state index is 12.1. The third kappa shape index (κ3) is 3.24. The van der Waals surface area contributed by atoms with Crippen molar-refractivity contribution in [3.8, 4) is 0 Å². The Morgan fingerprint density at radius 2 is 2.25 bits per heavy atom. The van der Waals surface area contributed by atoms with Crippen LogP contribution in [0.2, 0.25) is 5.02 Å². The SMILES string of the molecule is CCNc1ccc(Cl)c(C(=O)NCc2nncn2C)n1. The normalized spacial score (nSPS) is 10.3. The van der Waals surface area contributed by atoms with Crippen molar-refractivity contribution in [2.24, 2.45) is 7.05 Å². The molecule has 0 unspecified atom stereocenters. The van der Waals surface area contributed by atoms with Gasteiger partial charge in [-0.3, -0.25) is 4.79 Å². The van der Waals surface area contributed by atoms with Gasteiger partial charge in [0.15, 0.2) is 5.82 Å². The van der Waals surface area contributed by atoms with Crippen molar-refractivity contribution < 1.29 is 4.79 Å². The Balaban J connectivity index is 2.08. The Morgan fingerprint density at radius 3 is 2.90 bits per heavy atom. The van der Waals surface area contributed by atoms with E-state index in [1.54, 1.807) is 30.1 Å². The van der Waals surface area contributed by atoms with Crippen LogP contribution >= 0.6 is 11.6 Å². The number of hydrogen-bond acceptors (Lipinski definition) is 5. The fourth-order valence-corrected chi connectivity index (χ4v) is 1.78. The van der Waals surface area contributed by atoms with E-state index in [9.17, 15) is 4.79 Å². The largest absolute Gasteiger partial charge is 0.370 e. The maximum atomic E-state index is 12.1. The molecule has 2 N–H and O–H groups in total. The lowest BCUT2D eigenvalue weighted by Gasteiger charge is -2.08. The molecule has 2 rings (SSSR count). The van der Waals surface area contributed by atoms with Gasteiger partial charge in [0.1, 0.15) is 17.8 Å². The molecule has 0 aliphatic heterocycles. The summed E-state index contributed by atoms with van der Waals surface area (Å²) in [5, 5.41) is 13.7. The molecule has 1 amide bonds. The molecule has 106 valence electrons. The van der Waals surface area contributed by atoms with E-state index in [0.717, 1.165) is 0 Å². The van der Waals surface area contributed by atoms with Gasteiger partial charge < -0.3 is 15.2 Å². The summed E-state index contributed by atoms with van der Waals surface area (Å²) in [6.07, 6.45) is 1.57. The van der Waals surface area contributed by atoms with E-state index in [0.29, 0.717) is 23.2 Å². The first-order chi connectivity index (χ1) is 9.61. The van der Waals surface area contributed by atoms with Crippen molar-refractivity contribution in [1.29, 1.82) is 0 Å². The number of rotatable bonds is 5. The molecule has 7 nitrogen and oxygen atoms in total. The number of amides is 1. The van der Waals surface area contributed by atoms with Gasteiger partial charge in [0.2, 0.25) is 0 Å². The van der Waals surface area contributed by atoms with Gasteiger partial charge >= 0.3 is 0 Å². The molecule has 0 bridgehead atoms. The number of nitrogens with one attached hydrogen (secondary N) is 2. The zero-order valence-electron chi connectivity index (χ0n) is 11.2. The van der Waals surface area contributed by atoms with Crippen LogP contribution in [-0.2, 0) is 13.6 Å². The van der Waals surface area contributed by atoms with E-state index in [2.05, 4.69) is 25.8 Å². The second-order valence-corrected chi connectivity index (χ2v) is 4.51. The molecule has 2 aromatic heterocycles. The molecule has 0 aliphatic carbocycles. The van der Waals surface area contributed by atoms with Crippen molar-refractivity contribution in [2.45, 2.75) is 13.5 Å². The summed E-state index contributed by atoms with van der Waals surface area (Å²) in [5.74, 6) is 0.913. The van der Waals surface area contributed by atoms with E-state index < -0.39 is 0 Å². The van der Waals surface area contributed by atoms with Gasteiger partial charge in [-0.15, -0.1) is 10.2 Å². The van der Waals surface area contributed by atoms with Crippen LogP contribution in [0.3, 0.4) is 0 Å². The highest BCUT2D eigenvalue weighted by molar-refractivity contribution is 6.33. The Labute approximate surface area is 121 Å². The molecule has 8 heteroatoms. The van der Waals surface area contributed by atoms with E-state index in [1.807, 2.05) is 6.92 Å². The minimum atomic E-state index is -0.349. The number of nitrogens with zero attached hydrogens (tertiary/aromatic N) is 4. The molecule has 2 heterocycles. The van der Waals surface area contributed by atoms with Gasteiger partial charge in [-0.25, -0.2) is 4.98 Å². The first-order valence-corrected chi connectivity index (χ1v) is 6.51. The number of carbonyl (C=O) groups is 1. The van der Waals surface area contributed by atoms with Gasteiger partial charge in [-0.2, -0.15) is 0 Å². The van der Waals surface area contributed by atoms with Crippen LogP contribution in [0.4, 0.5) is 5.82 Å². The predicted molar refractivity (Wildman–Crippen MR) is 75.6 cm³/mol. The summed E-state index contributed by atoms with van der Waals surface area (Å²) in [7, 11) is 1.80. The summed E-state index contributed by atoms with van der Waals surface area (Å²) in [6, 6.07) is 3.37. The fourth-order valence-electron chi connectivity index (χ4n) is 1.59. The smallest absolute Gasteiger partial charge is 0.271 e. The molecule has 0 saturated carbocycles. The van der Waals surface area contributed by atoms with Crippen LogP contribution in [0.15, 0.2) is 18.5 Å². The molecule has 0 atom stereocenters. The van der Waals surface area contributed by atoms with E-state index >= 15 is 0 Å². The average Bonchev–Trinajstić information content (AvgIpc) is 2.84. The van der Waals surface area contributed by atoms with Crippen LogP contribution in [0.1, 0.15) is 23.2 Å². The van der Waals surface area contributed by atoms with Gasteiger partial charge in [0.05, 0.1) is 11.6 Å². The van der Waals surface area contributed by atoms with Crippen LogP contribution in [-0.4, -0.2) is 32.2 Å². The minimum Gasteiger partial charge on any atom is -0.370 e. The maximum Gasteiger partial charge on any atom is 0.271 e. The highest BCUT2D eigenvalue weighted by Gasteiger charge is 2.13. The zero-order chi connectivity index (χ0) is 14.5. The standard InChI is InChI=1S/C12H15ClN6O/c1-3-14-9-5-4-8(13)11(17-9)12(20)15-6-10-18-16-7-19(10)2/h4-5,7H,3,6H2,1-2H3,(H,14,17)(H,15,20). The number of halogens is 1. The molecule has 0 spiro atoms. The number of aromatic nitrogens is 4. The van der Waals surface area contributed by atoms with Gasteiger partial charge in [0, 0.05) is 13.6 Å². The number of pyridine rings is 1. The van der Waals surface area contributed by atoms with Crippen molar-refractivity contribution in [3.63, 3.8) is 0 Å². The minimum absolute atomic E-state index is 0.187. The van der Waals surface area contributed by atoms with Crippen LogP contribution in [0.5, 0.6) is 0 Å². The number of carbonyl (C=O) groups excluding carboxylic acids is 1. The molecule has 0 radical (unpaired) electrons. The van der Waals surface area contributed by atoms with Crippen molar-refractivity contribution in [2.75, 3.05) is 11.9 Å². The van der Waals surface area contributed by atoms with Crippen LogP contribution in [0.25, 0.3) is 0 Å². The third-order valence-electron chi connectivity index (χ3n) is 2.63. The quantitative estimate of drug-likeness (QED) is 0.866. The average molecular weight is 295 g/mol. The molecular formula is C12H15ClN6O. The van der Waals surface area contributed by atoms with Gasteiger partial charge in [-0.05, 0) is 19.1 Å².